The van der Waals surface area contributed by atoms with Crippen LogP contribution in [0, 0.1) is 5.41 Å². The van der Waals surface area contributed by atoms with E-state index in [9.17, 15) is 0 Å². The first kappa shape index (κ1) is 14.9. The summed E-state index contributed by atoms with van der Waals surface area (Å²) in [7, 11) is 3.85. The molecule has 0 aromatic rings. The first-order chi connectivity index (χ1) is 6.85. The predicted octanol–water partition coefficient (Wildman–Crippen LogP) is 1.72. The van der Waals surface area contributed by atoms with E-state index in [1.165, 1.54) is 0 Å². The van der Waals surface area contributed by atoms with E-state index in [0.717, 1.165) is 32.5 Å². The molecular formula is C12H28N2O. The van der Waals surface area contributed by atoms with Crippen LogP contribution in [0.25, 0.3) is 0 Å². The molecular weight excluding hydrogens is 188 g/mol. The van der Waals surface area contributed by atoms with Gasteiger partial charge in [0, 0.05) is 19.7 Å². The number of hydrogen-bond acceptors (Lipinski definition) is 3. The van der Waals surface area contributed by atoms with Gasteiger partial charge in [0.05, 0.1) is 6.61 Å². The van der Waals surface area contributed by atoms with E-state index in [0.29, 0.717) is 11.5 Å². The number of hydrogen-bond donors (Lipinski definition) is 1. The number of likely N-dealkylation sites (N-methyl/N-ethyl adjacent to an activating group) is 1. The Bertz CT molecular complexity index is 154. The standard InChI is InChI=1S/C12H28N2O/c1-12(2,3)10-11(13)6-7-14(4)8-9-15-5/h11H,6-10,13H2,1-5H3. The highest BCUT2D eigenvalue weighted by atomic mass is 16.5. The molecule has 2 N–H and O–H groups in total. The Morgan fingerprint density at radius 1 is 1.27 bits per heavy atom. The summed E-state index contributed by atoms with van der Waals surface area (Å²) in [5, 5.41) is 0. The molecule has 3 nitrogen and oxygen atoms in total. The van der Waals surface area contributed by atoms with Crippen LogP contribution in [0.15, 0.2) is 0 Å². The van der Waals surface area contributed by atoms with E-state index in [4.69, 9.17) is 10.5 Å². The zero-order valence-corrected chi connectivity index (χ0v) is 11.0. The van der Waals surface area contributed by atoms with Crippen LogP contribution in [-0.4, -0.2) is 44.8 Å². The molecule has 0 amide bonds. The zero-order chi connectivity index (χ0) is 11.9. The molecule has 0 aromatic heterocycles. The SMILES string of the molecule is COCCN(C)CCC(N)CC(C)(C)C. The fraction of sp³-hybridized carbons (Fsp3) is 1.00. The van der Waals surface area contributed by atoms with Gasteiger partial charge in [-0.2, -0.15) is 0 Å². The quantitative estimate of drug-likeness (QED) is 0.704. The smallest absolute Gasteiger partial charge is 0.0589 e. The third-order valence-corrected chi connectivity index (χ3v) is 2.43. The lowest BCUT2D eigenvalue weighted by atomic mass is 9.87. The minimum Gasteiger partial charge on any atom is -0.383 e. The van der Waals surface area contributed by atoms with Crippen molar-refractivity contribution >= 4 is 0 Å². The lowest BCUT2D eigenvalue weighted by molar-refractivity contribution is 0.158. The highest BCUT2D eigenvalue weighted by molar-refractivity contribution is 4.72. The topological polar surface area (TPSA) is 38.5 Å². The van der Waals surface area contributed by atoms with Crippen LogP contribution in [0.2, 0.25) is 0 Å². The zero-order valence-electron chi connectivity index (χ0n) is 11.0. The number of methoxy groups -OCH3 is 1. The maximum atomic E-state index is 6.08. The normalized spacial score (nSPS) is 14.6. The second kappa shape index (κ2) is 7.20. The highest BCUT2D eigenvalue weighted by Gasteiger charge is 2.15. The van der Waals surface area contributed by atoms with Crippen LogP contribution >= 0.6 is 0 Å². The molecule has 0 rings (SSSR count). The van der Waals surface area contributed by atoms with Gasteiger partial charge < -0.3 is 15.4 Å². The molecule has 0 saturated carbocycles. The summed E-state index contributed by atoms with van der Waals surface area (Å²) < 4.78 is 5.03. The van der Waals surface area contributed by atoms with E-state index in [-0.39, 0.29) is 0 Å². The summed E-state index contributed by atoms with van der Waals surface area (Å²) in [6.07, 6.45) is 2.16. The van der Waals surface area contributed by atoms with E-state index in [2.05, 4.69) is 32.7 Å². The summed E-state index contributed by atoms with van der Waals surface area (Å²) in [4.78, 5) is 2.27. The van der Waals surface area contributed by atoms with E-state index < -0.39 is 0 Å². The van der Waals surface area contributed by atoms with E-state index in [1.54, 1.807) is 7.11 Å². The van der Waals surface area contributed by atoms with Crippen LogP contribution in [0.1, 0.15) is 33.6 Å². The second-order valence-electron chi connectivity index (χ2n) is 5.61. The Morgan fingerprint density at radius 2 is 1.87 bits per heavy atom. The van der Waals surface area contributed by atoms with Crippen LogP contribution < -0.4 is 5.73 Å². The molecule has 1 unspecified atom stereocenters. The lowest BCUT2D eigenvalue weighted by Crippen LogP contribution is -2.32. The molecule has 0 spiro atoms. The van der Waals surface area contributed by atoms with Gasteiger partial charge in [0.1, 0.15) is 0 Å². The van der Waals surface area contributed by atoms with Crippen molar-refractivity contribution in [3.05, 3.63) is 0 Å². The van der Waals surface area contributed by atoms with Crippen LogP contribution in [0.4, 0.5) is 0 Å². The lowest BCUT2D eigenvalue weighted by Gasteiger charge is -2.25. The van der Waals surface area contributed by atoms with Crippen molar-refractivity contribution in [1.82, 2.24) is 4.90 Å². The number of nitrogens with zero attached hydrogens (tertiary/aromatic N) is 1. The molecule has 0 radical (unpaired) electrons. The van der Waals surface area contributed by atoms with Crippen LogP contribution in [-0.2, 0) is 4.74 Å². The maximum absolute atomic E-state index is 6.08. The molecule has 0 aliphatic rings. The third kappa shape index (κ3) is 10.2. The van der Waals surface area contributed by atoms with Gasteiger partial charge in [-0.05, 0) is 31.8 Å². The molecule has 0 bridgehead atoms. The Labute approximate surface area is 95.0 Å². The van der Waals surface area contributed by atoms with Gasteiger partial charge in [-0.1, -0.05) is 20.8 Å². The second-order valence-corrected chi connectivity index (χ2v) is 5.61. The van der Waals surface area contributed by atoms with Crippen molar-refractivity contribution in [3.8, 4) is 0 Å². The third-order valence-electron chi connectivity index (χ3n) is 2.43. The van der Waals surface area contributed by atoms with Gasteiger partial charge >= 0.3 is 0 Å². The van der Waals surface area contributed by atoms with Gasteiger partial charge in [-0.15, -0.1) is 0 Å². The maximum Gasteiger partial charge on any atom is 0.0589 e. The Hall–Kier alpha value is -0.120. The summed E-state index contributed by atoms with van der Waals surface area (Å²) >= 11 is 0. The minimum absolute atomic E-state index is 0.315. The summed E-state index contributed by atoms with van der Waals surface area (Å²) in [6, 6.07) is 0.315. The predicted molar refractivity (Wildman–Crippen MR) is 66.0 cm³/mol. The number of rotatable bonds is 7. The first-order valence-corrected chi connectivity index (χ1v) is 5.78. The summed E-state index contributed by atoms with van der Waals surface area (Å²) in [5.74, 6) is 0. The molecule has 0 saturated heterocycles. The fourth-order valence-corrected chi connectivity index (χ4v) is 1.63. The van der Waals surface area contributed by atoms with E-state index >= 15 is 0 Å². The molecule has 0 aromatic carbocycles. The Kier molecular flexibility index (Phi) is 7.14. The largest absolute Gasteiger partial charge is 0.383 e. The Morgan fingerprint density at radius 3 is 2.33 bits per heavy atom. The van der Waals surface area contributed by atoms with Crippen molar-refractivity contribution in [2.75, 3.05) is 33.9 Å². The molecule has 0 fully saturated rings. The molecule has 0 aliphatic heterocycles. The highest BCUT2D eigenvalue weighted by Crippen LogP contribution is 2.20. The van der Waals surface area contributed by atoms with Crippen LogP contribution in [0.3, 0.4) is 0 Å². The van der Waals surface area contributed by atoms with Crippen LogP contribution in [0.5, 0.6) is 0 Å². The molecule has 0 aliphatic carbocycles. The first-order valence-electron chi connectivity index (χ1n) is 5.78. The average molecular weight is 216 g/mol. The van der Waals surface area contributed by atoms with Gasteiger partial charge in [-0.3, -0.25) is 0 Å². The number of nitrogens with two attached hydrogens (primary N) is 1. The van der Waals surface area contributed by atoms with Gasteiger partial charge in [-0.25, -0.2) is 0 Å². The van der Waals surface area contributed by atoms with Crippen molar-refractivity contribution in [2.24, 2.45) is 11.1 Å². The fourth-order valence-electron chi connectivity index (χ4n) is 1.63. The molecule has 15 heavy (non-hydrogen) atoms. The minimum atomic E-state index is 0.315. The van der Waals surface area contributed by atoms with Gasteiger partial charge in [0.25, 0.3) is 0 Å². The molecule has 92 valence electrons. The molecule has 1 atom stereocenters. The average Bonchev–Trinajstić information content (AvgIpc) is 2.08. The van der Waals surface area contributed by atoms with Crippen molar-refractivity contribution < 1.29 is 4.74 Å². The van der Waals surface area contributed by atoms with Gasteiger partial charge in [0.2, 0.25) is 0 Å². The summed E-state index contributed by atoms with van der Waals surface area (Å²) in [5.41, 5.74) is 6.42. The monoisotopic (exact) mass is 216 g/mol. The van der Waals surface area contributed by atoms with Crippen molar-refractivity contribution in [2.45, 2.75) is 39.7 Å². The van der Waals surface area contributed by atoms with Gasteiger partial charge in [0.15, 0.2) is 0 Å². The van der Waals surface area contributed by atoms with Crippen molar-refractivity contribution in [3.63, 3.8) is 0 Å². The Balaban J connectivity index is 3.57. The molecule has 0 heterocycles. The van der Waals surface area contributed by atoms with E-state index in [1.807, 2.05) is 0 Å². The van der Waals surface area contributed by atoms with Crippen molar-refractivity contribution in [1.29, 1.82) is 0 Å². The summed E-state index contributed by atoms with van der Waals surface area (Å²) in [6.45, 7) is 9.55. The molecule has 3 heteroatoms. The number of ether oxygens (including phenoxy) is 1.